The minimum absolute atomic E-state index is 0.199. The monoisotopic (exact) mass is 337 g/mol. The van der Waals surface area contributed by atoms with Crippen LogP contribution >= 0.6 is 15.9 Å². The van der Waals surface area contributed by atoms with Crippen LogP contribution in [-0.4, -0.2) is 14.6 Å². The predicted molar refractivity (Wildman–Crippen MR) is 80.3 cm³/mol. The third kappa shape index (κ3) is 3.75. The molecule has 5 heteroatoms. The first kappa shape index (κ1) is 14.0. The van der Waals surface area contributed by atoms with E-state index >= 15 is 0 Å². The summed E-state index contributed by atoms with van der Waals surface area (Å²) in [5.41, 5.74) is 1.77. The molecule has 0 aromatic heterocycles. The highest BCUT2D eigenvalue weighted by Crippen LogP contribution is 2.15. The minimum Gasteiger partial charge on any atom is -0.199 e. The molecular formula is C14H12BrNO2S. The van der Waals surface area contributed by atoms with Crippen molar-refractivity contribution in [3.05, 3.63) is 65.7 Å². The van der Waals surface area contributed by atoms with Crippen molar-refractivity contribution in [2.75, 3.05) is 0 Å². The van der Waals surface area contributed by atoms with E-state index in [-0.39, 0.29) is 4.90 Å². The Balaban J connectivity index is 2.25. The van der Waals surface area contributed by atoms with Crippen LogP contribution in [0, 0.1) is 0 Å². The van der Waals surface area contributed by atoms with Crippen LogP contribution in [0.3, 0.4) is 0 Å². The number of hydrogen-bond acceptors (Lipinski definition) is 2. The highest BCUT2D eigenvalue weighted by atomic mass is 79.9. The van der Waals surface area contributed by atoms with Crippen LogP contribution < -0.4 is 0 Å². The summed E-state index contributed by atoms with van der Waals surface area (Å²) in [4.78, 5) is 0.199. The fraction of sp³-hybridized carbons (Fsp3) is 0.0714. The van der Waals surface area contributed by atoms with E-state index in [0.717, 1.165) is 11.1 Å². The number of nitrogens with zero attached hydrogens (tertiary/aromatic N) is 1. The zero-order valence-corrected chi connectivity index (χ0v) is 12.4. The Morgan fingerprint density at radius 2 is 1.63 bits per heavy atom. The summed E-state index contributed by atoms with van der Waals surface area (Å²) in [7, 11) is -3.63. The molecule has 0 aliphatic rings. The van der Waals surface area contributed by atoms with Gasteiger partial charge in [0, 0.05) is 11.5 Å². The summed E-state index contributed by atoms with van der Waals surface area (Å²) in [5.74, 6) is 0. The average Bonchev–Trinajstić information content (AvgIpc) is 2.46. The van der Waals surface area contributed by atoms with Crippen LogP contribution in [0.5, 0.6) is 0 Å². The second kappa shape index (κ2) is 6.12. The van der Waals surface area contributed by atoms with Gasteiger partial charge in [-0.05, 0) is 23.3 Å². The molecule has 0 spiro atoms. The van der Waals surface area contributed by atoms with Crippen molar-refractivity contribution in [3.63, 3.8) is 0 Å². The van der Waals surface area contributed by atoms with E-state index in [2.05, 4.69) is 20.3 Å². The molecule has 3 nitrogen and oxygen atoms in total. The zero-order chi connectivity index (χ0) is 13.7. The van der Waals surface area contributed by atoms with Crippen LogP contribution in [0.25, 0.3) is 0 Å². The predicted octanol–water partition coefficient (Wildman–Crippen LogP) is 3.39. The number of halogens is 1. The number of alkyl halides is 1. The molecule has 2 aromatic rings. The van der Waals surface area contributed by atoms with E-state index in [4.69, 9.17) is 0 Å². The van der Waals surface area contributed by atoms with Crippen LogP contribution in [0.2, 0.25) is 0 Å². The highest BCUT2D eigenvalue weighted by molar-refractivity contribution is 9.08. The molecule has 19 heavy (non-hydrogen) atoms. The molecule has 0 radical (unpaired) electrons. The molecule has 0 heterocycles. The van der Waals surface area contributed by atoms with Gasteiger partial charge in [0.25, 0.3) is 10.0 Å². The quantitative estimate of drug-likeness (QED) is 0.634. The van der Waals surface area contributed by atoms with E-state index < -0.39 is 10.0 Å². The molecule has 0 bridgehead atoms. The molecule has 0 N–H and O–H groups in total. The van der Waals surface area contributed by atoms with Crippen LogP contribution in [-0.2, 0) is 15.4 Å². The molecule has 0 saturated heterocycles. The first-order valence-corrected chi connectivity index (χ1v) is 8.18. The van der Waals surface area contributed by atoms with Gasteiger partial charge in [0.05, 0.1) is 4.90 Å². The molecular weight excluding hydrogens is 326 g/mol. The maximum Gasteiger partial charge on any atom is 0.282 e. The third-order valence-corrected chi connectivity index (χ3v) is 4.41. The first-order chi connectivity index (χ1) is 9.12. The van der Waals surface area contributed by atoms with Crippen molar-refractivity contribution in [1.82, 2.24) is 0 Å². The zero-order valence-electron chi connectivity index (χ0n) is 10.0. The summed E-state index contributed by atoms with van der Waals surface area (Å²) in [6.45, 7) is 0. The van der Waals surface area contributed by atoms with E-state index in [1.54, 1.807) is 36.4 Å². The molecule has 0 amide bonds. The van der Waals surface area contributed by atoms with Crippen molar-refractivity contribution >= 4 is 32.2 Å². The number of sulfonamides is 1. The summed E-state index contributed by atoms with van der Waals surface area (Å²) >= 11 is 3.31. The van der Waals surface area contributed by atoms with Crippen molar-refractivity contribution in [2.24, 2.45) is 4.40 Å². The summed E-state index contributed by atoms with van der Waals surface area (Å²) in [6.07, 6.45) is 1.35. The number of rotatable bonds is 4. The normalized spacial score (nSPS) is 11.8. The Hall–Kier alpha value is -1.46. The largest absolute Gasteiger partial charge is 0.282 e. The van der Waals surface area contributed by atoms with Gasteiger partial charge in [0.15, 0.2) is 0 Å². The summed E-state index contributed by atoms with van der Waals surface area (Å²) in [5, 5.41) is 0.695. The molecule has 0 saturated carbocycles. The number of hydrogen-bond donors (Lipinski definition) is 0. The van der Waals surface area contributed by atoms with Crippen LogP contribution in [0.15, 0.2) is 63.9 Å². The Morgan fingerprint density at radius 3 is 2.21 bits per heavy atom. The lowest BCUT2D eigenvalue weighted by Crippen LogP contribution is -1.98. The SMILES string of the molecule is O=S(=O)(/N=C/c1ccccc1)c1ccc(CBr)cc1. The topological polar surface area (TPSA) is 46.5 Å². The van der Waals surface area contributed by atoms with Crippen molar-refractivity contribution in [2.45, 2.75) is 10.2 Å². The average molecular weight is 338 g/mol. The lowest BCUT2D eigenvalue weighted by Gasteiger charge is -2.00. The van der Waals surface area contributed by atoms with Gasteiger partial charge in [0.2, 0.25) is 0 Å². The second-order valence-electron chi connectivity index (χ2n) is 3.90. The lowest BCUT2D eigenvalue weighted by atomic mass is 10.2. The van der Waals surface area contributed by atoms with Crippen LogP contribution in [0.1, 0.15) is 11.1 Å². The van der Waals surface area contributed by atoms with Gasteiger partial charge in [-0.1, -0.05) is 58.4 Å². The molecule has 0 unspecified atom stereocenters. The maximum atomic E-state index is 12.0. The van der Waals surface area contributed by atoms with Gasteiger partial charge < -0.3 is 0 Å². The lowest BCUT2D eigenvalue weighted by molar-refractivity contribution is 0.598. The van der Waals surface area contributed by atoms with Gasteiger partial charge >= 0.3 is 0 Å². The minimum atomic E-state index is -3.63. The Kier molecular flexibility index (Phi) is 4.50. The molecule has 2 rings (SSSR count). The highest BCUT2D eigenvalue weighted by Gasteiger charge is 2.10. The standard InChI is InChI=1S/C14H12BrNO2S/c15-10-12-6-8-14(9-7-12)19(17,18)16-11-13-4-2-1-3-5-13/h1-9,11H,10H2/b16-11+. The first-order valence-electron chi connectivity index (χ1n) is 5.62. The Morgan fingerprint density at radius 1 is 1.00 bits per heavy atom. The van der Waals surface area contributed by atoms with Gasteiger partial charge in [-0.15, -0.1) is 0 Å². The van der Waals surface area contributed by atoms with E-state index in [1.165, 1.54) is 6.21 Å². The summed E-state index contributed by atoms with van der Waals surface area (Å²) in [6, 6.07) is 15.8. The fourth-order valence-corrected chi connectivity index (χ4v) is 2.72. The van der Waals surface area contributed by atoms with Gasteiger partial charge in [0.1, 0.15) is 0 Å². The molecule has 98 valence electrons. The molecule has 0 fully saturated rings. The van der Waals surface area contributed by atoms with Crippen LogP contribution in [0.4, 0.5) is 0 Å². The van der Waals surface area contributed by atoms with E-state index in [0.29, 0.717) is 5.33 Å². The molecule has 0 aliphatic heterocycles. The van der Waals surface area contributed by atoms with E-state index in [1.807, 2.05) is 18.2 Å². The third-order valence-electron chi connectivity index (χ3n) is 2.52. The number of benzene rings is 2. The van der Waals surface area contributed by atoms with Gasteiger partial charge in [-0.2, -0.15) is 12.8 Å². The molecule has 2 aromatic carbocycles. The molecule has 0 aliphatic carbocycles. The fourth-order valence-electron chi connectivity index (χ4n) is 1.48. The van der Waals surface area contributed by atoms with Crippen molar-refractivity contribution in [1.29, 1.82) is 0 Å². The summed E-state index contributed by atoms with van der Waals surface area (Å²) < 4.78 is 27.7. The Labute approximate surface area is 121 Å². The van der Waals surface area contributed by atoms with E-state index in [9.17, 15) is 8.42 Å². The smallest absolute Gasteiger partial charge is 0.199 e. The van der Waals surface area contributed by atoms with Gasteiger partial charge in [-0.3, -0.25) is 0 Å². The second-order valence-corrected chi connectivity index (χ2v) is 6.09. The van der Waals surface area contributed by atoms with Gasteiger partial charge in [-0.25, -0.2) is 0 Å². The van der Waals surface area contributed by atoms with Crippen molar-refractivity contribution in [3.8, 4) is 0 Å². The Bertz CT molecular complexity index is 664. The maximum absolute atomic E-state index is 12.0. The van der Waals surface area contributed by atoms with Crippen molar-refractivity contribution < 1.29 is 8.42 Å². The molecule has 0 atom stereocenters.